The quantitative estimate of drug-likeness (QED) is 0.199. The van der Waals surface area contributed by atoms with E-state index in [9.17, 15) is 4.39 Å². The minimum Gasteiger partial charge on any atom is -0.365 e. The van der Waals surface area contributed by atoms with Crippen LogP contribution in [-0.4, -0.2) is 39.9 Å². The van der Waals surface area contributed by atoms with E-state index in [-0.39, 0.29) is 5.82 Å². The van der Waals surface area contributed by atoms with Crippen molar-refractivity contribution < 1.29 is 4.39 Å². The van der Waals surface area contributed by atoms with Crippen LogP contribution in [0.1, 0.15) is 15.3 Å². The molecule has 6 aromatic heterocycles. The van der Waals surface area contributed by atoms with E-state index in [2.05, 4.69) is 51.3 Å². The van der Waals surface area contributed by atoms with Crippen molar-refractivity contribution in [3.05, 3.63) is 99.9 Å². The zero-order chi connectivity index (χ0) is 29.1. The van der Waals surface area contributed by atoms with Crippen molar-refractivity contribution in [1.29, 1.82) is 0 Å². The minimum absolute atomic E-state index is 0.244. The Hall–Kier alpha value is -4.52. The molecular weight excluding hydrogens is 593 g/mol. The van der Waals surface area contributed by atoms with Gasteiger partial charge >= 0.3 is 0 Å². The largest absolute Gasteiger partial charge is 0.365 e. The Morgan fingerprint density at radius 2 is 1.31 bits per heavy atom. The van der Waals surface area contributed by atoms with E-state index in [1.54, 1.807) is 72.0 Å². The van der Waals surface area contributed by atoms with Crippen molar-refractivity contribution >= 4 is 60.5 Å². The highest BCUT2D eigenvalue weighted by molar-refractivity contribution is 7.19. The van der Waals surface area contributed by atoms with Gasteiger partial charge in [0.05, 0.1) is 17.8 Å². The minimum atomic E-state index is -0.244. The van der Waals surface area contributed by atoms with Crippen molar-refractivity contribution in [2.24, 2.45) is 0 Å². The molecule has 13 heteroatoms. The summed E-state index contributed by atoms with van der Waals surface area (Å²) in [6, 6.07) is 10.5. The van der Waals surface area contributed by atoms with Gasteiger partial charge in [0.1, 0.15) is 37.8 Å². The summed E-state index contributed by atoms with van der Waals surface area (Å²) in [4.78, 5) is 38.5. The van der Waals surface area contributed by atoms with E-state index < -0.39 is 0 Å². The van der Waals surface area contributed by atoms with Crippen LogP contribution in [0, 0.1) is 19.7 Å². The van der Waals surface area contributed by atoms with Crippen molar-refractivity contribution in [2.75, 3.05) is 5.32 Å². The van der Waals surface area contributed by atoms with Gasteiger partial charge in [-0.05, 0) is 43.7 Å². The number of hydrogen-bond acceptors (Lipinski definition) is 11. The van der Waals surface area contributed by atoms with Crippen LogP contribution in [0.5, 0.6) is 0 Å². The first kappa shape index (κ1) is 27.6. The summed E-state index contributed by atoms with van der Waals surface area (Å²) >= 11 is 9.33. The lowest BCUT2D eigenvalue weighted by Crippen LogP contribution is -2.04. The van der Waals surface area contributed by atoms with E-state index in [0.29, 0.717) is 34.7 Å². The Morgan fingerprint density at radius 3 is 1.90 bits per heavy atom. The SMILES string of the molecule is Cc1cc2c(Cl)nc(-c3cnccn3)nc2s1.Cc1cc2c(NCc3ccc(F)cc3)nc(-c3cnccn3)nc2s1. The Morgan fingerprint density at radius 1 is 0.738 bits per heavy atom. The molecular formula is C29H21ClFN9S2. The first-order chi connectivity index (χ1) is 20.4. The monoisotopic (exact) mass is 613 g/mol. The molecule has 6 heterocycles. The van der Waals surface area contributed by atoms with Gasteiger partial charge in [0.25, 0.3) is 0 Å². The van der Waals surface area contributed by atoms with Crippen LogP contribution in [0.25, 0.3) is 43.5 Å². The summed E-state index contributed by atoms with van der Waals surface area (Å²) in [5, 5.41) is 5.65. The molecule has 7 aromatic rings. The topological polar surface area (TPSA) is 115 Å². The molecule has 0 radical (unpaired) electrons. The fourth-order valence-electron chi connectivity index (χ4n) is 4.03. The number of hydrogen-bond donors (Lipinski definition) is 1. The van der Waals surface area contributed by atoms with Crippen LogP contribution < -0.4 is 5.32 Å². The standard InChI is InChI=1S/C18H14FN5S.C11H7ClN4S/c1-11-8-14-16(22-9-12-2-4-13(19)5-3-12)23-17(24-18(14)25-11)15-10-20-6-7-21-15;1-6-4-7-9(12)15-10(16-11(7)17-6)8-5-13-2-3-14-8/h2-8,10H,9H2,1H3,(H,22,23,24);2-5H,1H3. The van der Waals surface area contributed by atoms with Gasteiger partial charge in [-0.15, -0.1) is 22.7 Å². The van der Waals surface area contributed by atoms with Crippen molar-refractivity contribution in [3.8, 4) is 23.0 Å². The van der Waals surface area contributed by atoms with Crippen LogP contribution in [0.15, 0.2) is 73.6 Å². The Kier molecular flexibility index (Phi) is 8.00. The molecule has 0 unspecified atom stereocenters. The molecule has 0 aliphatic rings. The lowest BCUT2D eigenvalue weighted by molar-refractivity contribution is 0.627. The molecule has 0 amide bonds. The van der Waals surface area contributed by atoms with Crippen LogP contribution in [0.4, 0.5) is 10.2 Å². The number of nitrogens with one attached hydrogen (secondary N) is 1. The zero-order valence-corrected chi connectivity index (χ0v) is 24.7. The van der Waals surface area contributed by atoms with Crippen LogP contribution in [0.2, 0.25) is 5.15 Å². The number of fused-ring (bicyclic) bond motifs is 2. The third-order valence-electron chi connectivity index (χ3n) is 5.94. The predicted octanol–water partition coefficient (Wildman–Crippen LogP) is 7.32. The maximum atomic E-state index is 13.0. The summed E-state index contributed by atoms with van der Waals surface area (Å²) in [7, 11) is 0. The van der Waals surface area contributed by atoms with E-state index in [0.717, 1.165) is 41.6 Å². The molecule has 0 saturated carbocycles. The molecule has 0 spiro atoms. The van der Waals surface area contributed by atoms with Crippen molar-refractivity contribution in [2.45, 2.75) is 20.4 Å². The summed E-state index contributed by atoms with van der Waals surface area (Å²) in [5.41, 5.74) is 2.23. The zero-order valence-electron chi connectivity index (χ0n) is 22.3. The Bertz CT molecular complexity index is 1980. The second-order valence-electron chi connectivity index (χ2n) is 9.05. The molecule has 1 aromatic carbocycles. The highest BCUT2D eigenvalue weighted by atomic mass is 35.5. The van der Waals surface area contributed by atoms with Crippen molar-refractivity contribution in [3.63, 3.8) is 0 Å². The average Bonchev–Trinajstić information content (AvgIpc) is 3.59. The molecule has 7 rings (SSSR count). The van der Waals surface area contributed by atoms with E-state index in [4.69, 9.17) is 11.6 Å². The molecule has 9 nitrogen and oxygen atoms in total. The highest BCUT2D eigenvalue weighted by Gasteiger charge is 2.13. The van der Waals surface area contributed by atoms with Crippen LogP contribution in [-0.2, 0) is 6.54 Å². The van der Waals surface area contributed by atoms with Gasteiger partial charge in [-0.3, -0.25) is 9.97 Å². The fourth-order valence-corrected chi connectivity index (χ4v) is 6.07. The first-order valence-electron chi connectivity index (χ1n) is 12.7. The van der Waals surface area contributed by atoms with Gasteiger partial charge in [-0.25, -0.2) is 34.3 Å². The molecule has 208 valence electrons. The lowest BCUT2D eigenvalue weighted by atomic mass is 10.2. The van der Waals surface area contributed by atoms with Gasteiger partial charge in [-0.1, -0.05) is 23.7 Å². The average molecular weight is 614 g/mol. The molecule has 0 bridgehead atoms. The van der Waals surface area contributed by atoms with E-state index in [1.165, 1.54) is 12.1 Å². The number of aryl methyl sites for hydroxylation is 2. The first-order valence-corrected chi connectivity index (χ1v) is 14.7. The smallest absolute Gasteiger partial charge is 0.183 e. The van der Waals surface area contributed by atoms with Gasteiger partial charge in [0.15, 0.2) is 11.6 Å². The van der Waals surface area contributed by atoms with E-state index in [1.807, 2.05) is 19.9 Å². The van der Waals surface area contributed by atoms with E-state index >= 15 is 0 Å². The molecule has 0 saturated heterocycles. The second kappa shape index (κ2) is 12.1. The number of benzene rings is 1. The number of anilines is 1. The van der Waals surface area contributed by atoms with Crippen LogP contribution >= 0.6 is 34.3 Å². The molecule has 42 heavy (non-hydrogen) atoms. The second-order valence-corrected chi connectivity index (χ2v) is 11.9. The highest BCUT2D eigenvalue weighted by Crippen LogP contribution is 2.31. The maximum absolute atomic E-state index is 13.0. The Labute approximate surface area is 252 Å². The summed E-state index contributed by atoms with van der Waals surface area (Å²) < 4.78 is 13.0. The fraction of sp³-hybridized carbons (Fsp3) is 0.103. The molecule has 0 aliphatic heterocycles. The predicted molar refractivity (Wildman–Crippen MR) is 165 cm³/mol. The lowest BCUT2D eigenvalue weighted by Gasteiger charge is -2.09. The number of rotatable bonds is 5. The molecule has 0 fully saturated rings. The summed E-state index contributed by atoms with van der Waals surface area (Å²) in [6.45, 7) is 4.60. The summed E-state index contributed by atoms with van der Waals surface area (Å²) in [6.07, 6.45) is 9.72. The third kappa shape index (κ3) is 6.20. The van der Waals surface area contributed by atoms with Gasteiger partial charge < -0.3 is 5.32 Å². The maximum Gasteiger partial charge on any atom is 0.183 e. The number of halogens is 2. The third-order valence-corrected chi connectivity index (χ3v) is 8.12. The molecule has 0 aliphatic carbocycles. The van der Waals surface area contributed by atoms with Gasteiger partial charge in [0.2, 0.25) is 0 Å². The van der Waals surface area contributed by atoms with Crippen molar-refractivity contribution in [1.82, 2.24) is 39.9 Å². The van der Waals surface area contributed by atoms with Gasteiger partial charge in [0, 0.05) is 46.5 Å². The molecule has 0 atom stereocenters. The number of thiophene rings is 2. The summed E-state index contributed by atoms with van der Waals surface area (Å²) in [5.74, 6) is 1.53. The number of nitrogens with zero attached hydrogens (tertiary/aromatic N) is 8. The normalized spacial score (nSPS) is 11.0. The molecule has 1 N–H and O–H groups in total. The van der Waals surface area contributed by atoms with Gasteiger partial charge in [-0.2, -0.15) is 0 Å². The number of aromatic nitrogens is 8. The Balaban J connectivity index is 0.000000162. The van der Waals surface area contributed by atoms with Crippen LogP contribution in [0.3, 0.4) is 0 Å².